The van der Waals surface area contributed by atoms with Crippen molar-refractivity contribution in [1.29, 1.82) is 0 Å². The fraction of sp³-hybridized carbons (Fsp3) is 0.182. The van der Waals surface area contributed by atoms with Crippen molar-refractivity contribution >= 4 is 22.9 Å². The lowest BCUT2D eigenvalue weighted by atomic mass is 10.2. The molecule has 1 aromatic carbocycles. The molecule has 0 amide bonds. The van der Waals surface area contributed by atoms with Gasteiger partial charge in [0.05, 0.1) is 10.7 Å². The summed E-state index contributed by atoms with van der Waals surface area (Å²) in [6.45, 7) is 0. The zero-order chi connectivity index (χ0) is 10.5. The zero-order valence-corrected chi connectivity index (χ0v) is 9.13. The van der Waals surface area contributed by atoms with Gasteiger partial charge in [-0.1, -0.05) is 36.5 Å². The van der Waals surface area contributed by atoms with Crippen LogP contribution in [0.3, 0.4) is 0 Å². The van der Waals surface area contributed by atoms with Crippen molar-refractivity contribution in [2.45, 2.75) is 12.8 Å². The molecular formula is C11H13N3S. The number of benzene rings is 1. The smallest absolute Gasteiger partial charge is 0.0991 e. The van der Waals surface area contributed by atoms with Gasteiger partial charge < -0.3 is 5.43 Å². The molecule has 78 valence electrons. The van der Waals surface area contributed by atoms with Gasteiger partial charge in [-0.05, 0) is 18.6 Å². The number of rotatable bonds is 3. The third-order valence-corrected chi connectivity index (χ3v) is 2.54. The van der Waals surface area contributed by atoms with Gasteiger partial charge in [-0.15, -0.1) is 5.53 Å². The number of hydrazine groups is 2. The first-order valence-electron chi connectivity index (χ1n) is 4.92. The number of nitrogens with one attached hydrogen (secondary N) is 2. The number of allylic oxidation sites excluding steroid dienone is 1. The molecule has 0 atom stereocenters. The Morgan fingerprint density at radius 3 is 2.73 bits per heavy atom. The number of anilines is 1. The Morgan fingerprint density at radius 2 is 2.00 bits per heavy atom. The molecule has 1 aliphatic rings. The Hall–Kier alpha value is -1.39. The van der Waals surface area contributed by atoms with Crippen molar-refractivity contribution in [3.8, 4) is 0 Å². The number of para-hydroxylation sites is 1. The van der Waals surface area contributed by atoms with Crippen LogP contribution in [0.2, 0.25) is 0 Å². The first-order valence-corrected chi connectivity index (χ1v) is 5.32. The Labute approximate surface area is 94.7 Å². The van der Waals surface area contributed by atoms with E-state index in [1.165, 1.54) is 0 Å². The normalized spacial score (nSPS) is 15.5. The van der Waals surface area contributed by atoms with Crippen LogP contribution in [0.4, 0.5) is 5.69 Å². The highest BCUT2D eigenvalue weighted by Crippen LogP contribution is 2.08. The molecule has 0 aromatic heterocycles. The van der Waals surface area contributed by atoms with Crippen molar-refractivity contribution in [2.75, 3.05) is 5.43 Å². The summed E-state index contributed by atoms with van der Waals surface area (Å²) < 4.78 is 0. The van der Waals surface area contributed by atoms with Gasteiger partial charge in [0.1, 0.15) is 0 Å². The molecule has 4 heteroatoms. The summed E-state index contributed by atoms with van der Waals surface area (Å²) in [5.74, 6) is 0. The highest BCUT2D eigenvalue weighted by atomic mass is 32.1. The molecule has 0 spiro atoms. The number of hydrogen-bond acceptors (Lipinski definition) is 3. The number of nitrogens with zero attached hydrogens (tertiary/aromatic N) is 1. The molecular weight excluding hydrogens is 206 g/mol. The summed E-state index contributed by atoms with van der Waals surface area (Å²) in [5.41, 5.74) is 7.14. The fourth-order valence-electron chi connectivity index (χ4n) is 1.34. The summed E-state index contributed by atoms with van der Waals surface area (Å²) in [6, 6.07) is 9.92. The van der Waals surface area contributed by atoms with Crippen LogP contribution in [0, 0.1) is 0 Å². The van der Waals surface area contributed by atoms with E-state index in [9.17, 15) is 0 Å². The standard InChI is InChI=1S/C11H13N3S/c15-11-8-4-5-9-14(11)13-12-10-6-2-1-3-7-10/h1-3,5-7,9,12-13H,4,8H2. The zero-order valence-electron chi connectivity index (χ0n) is 8.31. The molecule has 0 bridgehead atoms. The monoisotopic (exact) mass is 219 g/mol. The van der Waals surface area contributed by atoms with Gasteiger partial charge in [0.25, 0.3) is 0 Å². The van der Waals surface area contributed by atoms with E-state index in [4.69, 9.17) is 12.2 Å². The lowest BCUT2D eigenvalue weighted by Gasteiger charge is -2.25. The van der Waals surface area contributed by atoms with E-state index in [1.807, 2.05) is 41.5 Å². The van der Waals surface area contributed by atoms with Gasteiger partial charge in [0.15, 0.2) is 0 Å². The van der Waals surface area contributed by atoms with E-state index in [1.54, 1.807) is 0 Å². The van der Waals surface area contributed by atoms with Gasteiger partial charge in [-0.25, -0.2) is 0 Å². The van der Waals surface area contributed by atoms with Crippen LogP contribution in [0.15, 0.2) is 42.6 Å². The molecule has 2 rings (SSSR count). The van der Waals surface area contributed by atoms with Crippen LogP contribution in [0.5, 0.6) is 0 Å². The topological polar surface area (TPSA) is 27.3 Å². The average Bonchev–Trinajstić information content (AvgIpc) is 2.29. The maximum atomic E-state index is 5.21. The lowest BCUT2D eigenvalue weighted by molar-refractivity contribution is 0.438. The van der Waals surface area contributed by atoms with Gasteiger partial charge in [-0.2, -0.15) is 0 Å². The Balaban J connectivity index is 1.90. The van der Waals surface area contributed by atoms with E-state index in [2.05, 4.69) is 17.0 Å². The number of hydrogen-bond donors (Lipinski definition) is 2. The minimum atomic E-state index is 0.904. The van der Waals surface area contributed by atoms with Crippen molar-refractivity contribution in [2.24, 2.45) is 0 Å². The predicted molar refractivity (Wildman–Crippen MR) is 66.0 cm³/mol. The van der Waals surface area contributed by atoms with Crippen LogP contribution in [0.1, 0.15) is 12.8 Å². The molecule has 3 nitrogen and oxygen atoms in total. The van der Waals surface area contributed by atoms with Gasteiger partial charge in [-0.3, -0.25) is 5.01 Å². The van der Waals surface area contributed by atoms with Crippen LogP contribution < -0.4 is 11.0 Å². The van der Waals surface area contributed by atoms with Gasteiger partial charge in [0.2, 0.25) is 0 Å². The second kappa shape index (κ2) is 4.91. The van der Waals surface area contributed by atoms with E-state index in [0.717, 1.165) is 23.5 Å². The fourth-order valence-corrected chi connectivity index (χ4v) is 1.56. The molecule has 0 saturated carbocycles. The summed E-state index contributed by atoms with van der Waals surface area (Å²) in [7, 11) is 0. The van der Waals surface area contributed by atoms with Crippen molar-refractivity contribution in [3.05, 3.63) is 42.6 Å². The van der Waals surface area contributed by atoms with Crippen LogP contribution in [0.25, 0.3) is 0 Å². The van der Waals surface area contributed by atoms with E-state index >= 15 is 0 Å². The highest BCUT2D eigenvalue weighted by Gasteiger charge is 2.08. The molecule has 0 saturated heterocycles. The summed E-state index contributed by atoms with van der Waals surface area (Å²) >= 11 is 5.21. The van der Waals surface area contributed by atoms with E-state index < -0.39 is 0 Å². The molecule has 1 aromatic rings. The second-order valence-corrected chi connectivity index (χ2v) is 3.76. The highest BCUT2D eigenvalue weighted by molar-refractivity contribution is 7.80. The molecule has 0 unspecified atom stereocenters. The first-order chi connectivity index (χ1) is 7.36. The molecule has 1 heterocycles. The summed E-state index contributed by atoms with van der Waals surface area (Å²) in [5, 5.41) is 1.83. The van der Waals surface area contributed by atoms with Crippen molar-refractivity contribution < 1.29 is 0 Å². The largest absolute Gasteiger partial charge is 0.304 e. The molecule has 0 radical (unpaired) electrons. The summed E-state index contributed by atoms with van der Waals surface area (Å²) in [4.78, 5) is 0.904. The Bertz CT molecular complexity index is 361. The molecule has 15 heavy (non-hydrogen) atoms. The van der Waals surface area contributed by atoms with Gasteiger partial charge >= 0.3 is 0 Å². The molecule has 1 aliphatic heterocycles. The molecule has 0 aliphatic carbocycles. The van der Waals surface area contributed by atoms with Crippen molar-refractivity contribution in [1.82, 2.24) is 10.5 Å². The van der Waals surface area contributed by atoms with Crippen LogP contribution in [-0.4, -0.2) is 10.00 Å². The lowest BCUT2D eigenvalue weighted by Crippen LogP contribution is -2.42. The van der Waals surface area contributed by atoms with Crippen molar-refractivity contribution in [3.63, 3.8) is 0 Å². The minimum absolute atomic E-state index is 0.904. The van der Waals surface area contributed by atoms with E-state index in [-0.39, 0.29) is 0 Å². The third-order valence-electron chi connectivity index (χ3n) is 2.14. The average molecular weight is 219 g/mol. The maximum absolute atomic E-state index is 5.21. The predicted octanol–water partition coefficient (Wildman–Crippen LogP) is 2.46. The molecule has 0 fully saturated rings. The SMILES string of the molecule is S=C1CCC=CN1NNc1ccccc1. The maximum Gasteiger partial charge on any atom is 0.0991 e. The Morgan fingerprint density at radius 1 is 1.20 bits per heavy atom. The van der Waals surface area contributed by atoms with E-state index in [0.29, 0.717) is 0 Å². The second-order valence-electron chi connectivity index (χ2n) is 3.29. The first kappa shape index (κ1) is 10.1. The van der Waals surface area contributed by atoms with Gasteiger partial charge in [0, 0.05) is 12.6 Å². The minimum Gasteiger partial charge on any atom is -0.304 e. The number of thiocarbonyl (C=S) groups is 1. The summed E-state index contributed by atoms with van der Waals surface area (Å²) in [6.07, 6.45) is 5.99. The van der Waals surface area contributed by atoms with Crippen LogP contribution >= 0.6 is 12.2 Å². The van der Waals surface area contributed by atoms with Crippen LogP contribution in [-0.2, 0) is 0 Å². The Kier molecular flexibility index (Phi) is 3.32. The molecule has 2 N–H and O–H groups in total. The third kappa shape index (κ3) is 2.78. The quantitative estimate of drug-likeness (QED) is 0.603.